The number of guanidine groups is 1. The molecule has 0 aliphatic carbocycles. The molecule has 1 rings (SSSR count). The van der Waals surface area contributed by atoms with Gasteiger partial charge in [0.2, 0.25) is 5.96 Å². The molecule has 0 heterocycles. The number of carbonyl (C=O) groups excluding carboxylic acids is 1. The second-order valence-corrected chi connectivity index (χ2v) is 6.55. The van der Waals surface area contributed by atoms with Crippen LogP contribution in [0.4, 0.5) is 0 Å². The summed E-state index contributed by atoms with van der Waals surface area (Å²) in [6.45, 7) is 1.51. The highest BCUT2D eigenvalue weighted by Crippen LogP contribution is 2.12. The van der Waals surface area contributed by atoms with Gasteiger partial charge in [0.15, 0.2) is 9.84 Å². The third-order valence-corrected chi connectivity index (χ3v) is 3.61. The molecule has 1 aromatic carbocycles. The van der Waals surface area contributed by atoms with Crippen molar-refractivity contribution in [3.8, 4) is 0 Å². The van der Waals surface area contributed by atoms with Crippen molar-refractivity contribution in [3.05, 3.63) is 29.8 Å². The number of aliphatic hydroxyl groups is 1. The number of rotatable bonds is 5. The van der Waals surface area contributed by atoms with Gasteiger partial charge in [-0.2, -0.15) is 0 Å². The number of nitrogens with two attached hydrogens (primary N) is 1. The third-order valence-electron chi connectivity index (χ3n) is 2.50. The lowest BCUT2D eigenvalue weighted by molar-refractivity contribution is 0.0755. The number of amides is 1. The van der Waals surface area contributed by atoms with E-state index >= 15 is 0 Å². The number of aliphatic hydroxyl groups excluding tert-OH is 1. The van der Waals surface area contributed by atoms with Gasteiger partial charge in [-0.1, -0.05) is 6.07 Å². The molecular weight excluding hydrogens is 296 g/mol. The van der Waals surface area contributed by atoms with Crippen LogP contribution in [0.1, 0.15) is 17.3 Å². The van der Waals surface area contributed by atoms with Gasteiger partial charge in [0.05, 0.1) is 11.0 Å². The summed E-state index contributed by atoms with van der Waals surface area (Å²) in [6.07, 6.45) is 0.285. The van der Waals surface area contributed by atoms with E-state index in [-0.39, 0.29) is 17.0 Å². The highest BCUT2D eigenvalue weighted by Gasteiger charge is 2.20. The van der Waals surface area contributed by atoms with Gasteiger partial charge in [0.1, 0.15) is 0 Å². The fourth-order valence-electron chi connectivity index (χ4n) is 1.48. The van der Waals surface area contributed by atoms with Gasteiger partial charge in [0.25, 0.3) is 5.91 Å². The first kappa shape index (κ1) is 17.1. The van der Waals surface area contributed by atoms with Gasteiger partial charge in [0, 0.05) is 18.4 Å². The van der Waals surface area contributed by atoms with Gasteiger partial charge < -0.3 is 10.8 Å². The Bertz CT molecular complexity index is 642. The van der Waals surface area contributed by atoms with Crippen molar-refractivity contribution >= 4 is 21.7 Å². The second-order valence-electron chi connectivity index (χ2n) is 4.54. The van der Waals surface area contributed by atoms with Gasteiger partial charge in [-0.3, -0.25) is 10.2 Å². The smallest absolute Gasteiger partial charge is 0.275 e. The Morgan fingerprint density at radius 1 is 1.52 bits per heavy atom. The van der Waals surface area contributed by atoms with Crippen molar-refractivity contribution in [3.63, 3.8) is 0 Å². The summed E-state index contributed by atoms with van der Waals surface area (Å²) >= 11 is 0. The zero-order valence-electron chi connectivity index (χ0n) is 11.7. The monoisotopic (exact) mass is 314 g/mol. The molecule has 116 valence electrons. The van der Waals surface area contributed by atoms with Crippen LogP contribution in [0.5, 0.6) is 0 Å². The molecule has 5 N–H and O–H groups in total. The number of sulfone groups is 1. The number of benzene rings is 1. The van der Waals surface area contributed by atoms with Gasteiger partial charge in [-0.25, -0.2) is 18.9 Å². The van der Waals surface area contributed by atoms with Gasteiger partial charge in [-0.15, -0.1) is 0 Å². The zero-order valence-corrected chi connectivity index (χ0v) is 12.5. The largest absolute Gasteiger partial charge is 0.392 e. The van der Waals surface area contributed by atoms with Crippen LogP contribution >= 0.6 is 0 Å². The molecule has 0 aliphatic rings. The quantitative estimate of drug-likeness (QED) is 0.322. The van der Waals surface area contributed by atoms with Crippen molar-refractivity contribution in [1.82, 2.24) is 10.4 Å². The van der Waals surface area contributed by atoms with Crippen molar-refractivity contribution in [2.75, 3.05) is 12.8 Å². The Morgan fingerprint density at radius 3 is 2.62 bits per heavy atom. The van der Waals surface area contributed by atoms with E-state index in [0.717, 1.165) is 11.3 Å². The molecule has 0 saturated carbocycles. The molecule has 21 heavy (non-hydrogen) atoms. The molecule has 0 unspecified atom stereocenters. The van der Waals surface area contributed by atoms with E-state index in [2.05, 4.69) is 5.43 Å². The van der Waals surface area contributed by atoms with Crippen LogP contribution in [-0.2, 0) is 9.84 Å². The molecule has 1 aromatic rings. The summed E-state index contributed by atoms with van der Waals surface area (Å²) in [5.74, 6) is -1.25. The molecule has 0 saturated heterocycles. The molecule has 0 bridgehead atoms. The Hall–Kier alpha value is -1.97. The number of nitrogens with one attached hydrogen (secondary N) is 2. The summed E-state index contributed by atoms with van der Waals surface area (Å²) in [4.78, 5) is 12.2. The summed E-state index contributed by atoms with van der Waals surface area (Å²) in [7, 11) is -3.45. The Balaban J connectivity index is 3.07. The molecule has 1 amide bonds. The fraction of sp³-hybridized carbons (Fsp3) is 0.333. The lowest BCUT2D eigenvalue weighted by Crippen LogP contribution is -2.52. The zero-order chi connectivity index (χ0) is 16.2. The molecule has 0 aromatic heterocycles. The van der Waals surface area contributed by atoms with Crippen molar-refractivity contribution < 1.29 is 18.3 Å². The van der Waals surface area contributed by atoms with Crippen LogP contribution in [0.15, 0.2) is 29.2 Å². The van der Waals surface area contributed by atoms with Crippen molar-refractivity contribution in [2.24, 2.45) is 5.73 Å². The van der Waals surface area contributed by atoms with Gasteiger partial charge in [-0.05, 0) is 25.1 Å². The standard InChI is InChI=1S/C12H18N4O4S/c1-8(17)7-15-16(12(13)14)11(18)9-4-3-5-10(6-9)21(2,19)20/h3-6,8,15,17H,7H2,1-2H3,(H3,13,14)/t8-/m1/s1. The lowest BCUT2D eigenvalue weighted by atomic mass is 10.2. The van der Waals surface area contributed by atoms with E-state index in [1.165, 1.54) is 31.2 Å². The van der Waals surface area contributed by atoms with E-state index < -0.39 is 27.8 Å². The first-order chi connectivity index (χ1) is 9.62. The number of hydrogen-bond acceptors (Lipinski definition) is 6. The van der Waals surface area contributed by atoms with E-state index in [9.17, 15) is 18.3 Å². The van der Waals surface area contributed by atoms with E-state index in [1.807, 2.05) is 0 Å². The summed E-state index contributed by atoms with van der Waals surface area (Å²) in [6, 6.07) is 5.42. The highest BCUT2D eigenvalue weighted by molar-refractivity contribution is 7.90. The Labute approximate surface area is 123 Å². The topological polar surface area (TPSA) is 137 Å². The minimum absolute atomic E-state index is 0.00706. The van der Waals surface area contributed by atoms with Crippen LogP contribution < -0.4 is 11.2 Å². The maximum Gasteiger partial charge on any atom is 0.275 e. The molecule has 8 nitrogen and oxygen atoms in total. The van der Waals surface area contributed by atoms with Crippen molar-refractivity contribution in [2.45, 2.75) is 17.9 Å². The van der Waals surface area contributed by atoms with Crippen LogP contribution in [0.2, 0.25) is 0 Å². The fourth-order valence-corrected chi connectivity index (χ4v) is 2.15. The number of hydrazine groups is 1. The van der Waals surface area contributed by atoms with Crippen LogP contribution in [0.3, 0.4) is 0 Å². The average molecular weight is 314 g/mol. The molecule has 0 fully saturated rings. The summed E-state index contributed by atoms with van der Waals surface area (Å²) < 4.78 is 23.0. The highest BCUT2D eigenvalue weighted by atomic mass is 32.2. The first-order valence-electron chi connectivity index (χ1n) is 6.03. The maximum atomic E-state index is 12.2. The number of hydrogen-bond donors (Lipinski definition) is 4. The predicted octanol–water partition coefficient (Wildman–Crippen LogP) is -0.689. The Morgan fingerprint density at radius 2 is 2.14 bits per heavy atom. The summed E-state index contributed by atoms with van der Waals surface area (Å²) in [5, 5.41) is 17.3. The van der Waals surface area contributed by atoms with E-state index in [1.54, 1.807) is 0 Å². The summed E-state index contributed by atoms with van der Waals surface area (Å²) in [5.41, 5.74) is 7.88. The lowest BCUT2D eigenvalue weighted by Gasteiger charge is -2.22. The molecule has 9 heteroatoms. The number of carbonyl (C=O) groups is 1. The minimum atomic E-state index is -3.45. The molecular formula is C12H18N4O4S. The minimum Gasteiger partial charge on any atom is -0.392 e. The van der Waals surface area contributed by atoms with Crippen LogP contribution in [-0.4, -0.2) is 49.3 Å². The van der Waals surface area contributed by atoms with Crippen LogP contribution in [0.25, 0.3) is 0 Å². The van der Waals surface area contributed by atoms with Crippen LogP contribution in [0, 0.1) is 5.41 Å². The Kier molecular flexibility index (Phi) is 5.41. The molecule has 0 aliphatic heterocycles. The number of nitrogens with zero attached hydrogens (tertiary/aromatic N) is 1. The molecule has 1 atom stereocenters. The average Bonchev–Trinajstić information content (AvgIpc) is 2.37. The van der Waals surface area contributed by atoms with Crippen molar-refractivity contribution in [1.29, 1.82) is 5.41 Å². The SMILES string of the molecule is C[C@@H](O)CNN(C(=N)N)C(=O)c1cccc(S(C)(=O)=O)c1. The predicted molar refractivity (Wildman–Crippen MR) is 77.3 cm³/mol. The normalized spacial score (nSPS) is 12.7. The maximum absolute atomic E-state index is 12.2. The van der Waals surface area contributed by atoms with E-state index in [0.29, 0.717) is 0 Å². The second kappa shape index (κ2) is 6.66. The molecule has 0 spiro atoms. The van der Waals surface area contributed by atoms with E-state index in [4.69, 9.17) is 11.1 Å². The molecule has 0 radical (unpaired) electrons. The third kappa shape index (κ3) is 4.81. The first-order valence-corrected chi connectivity index (χ1v) is 7.92. The van der Waals surface area contributed by atoms with Gasteiger partial charge >= 0.3 is 0 Å².